The number of fused-ring (bicyclic) bond motifs is 1. The maximum Gasteiger partial charge on any atom is 0.416 e. The Hall–Kier alpha value is -2.27. The van der Waals surface area contributed by atoms with Crippen molar-refractivity contribution in [3.8, 4) is 5.75 Å². The second kappa shape index (κ2) is 16.2. The summed E-state index contributed by atoms with van der Waals surface area (Å²) >= 11 is 6.08. The minimum atomic E-state index is -4.59. The summed E-state index contributed by atoms with van der Waals surface area (Å²) in [4.78, 5) is 24.6. The zero-order valence-corrected chi connectivity index (χ0v) is 26.8. The van der Waals surface area contributed by atoms with Crippen LogP contribution in [0.3, 0.4) is 0 Å². The summed E-state index contributed by atoms with van der Waals surface area (Å²) in [6.45, 7) is 5.23. The van der Waals surface area contributed by atoms with Gasteiger partial charge in [0, 0.05) is 80.8 Å². The number of benzene rings is 2. The first-order chi connectivity index (χ1) is 19.2. The van der Waals surface area contributed by atoms with E-state index in [9.17, 15) is 18.0 Å². The van der Waals surface area contributed by atoms with Crippen LogP contribution in [0.2, 0.25) is 5.02 Å². The zero-order chi connectivity index (χ0) is 28.3. The number of ether oxygens (including phenoxy) is 1. The van der Waals surface area contributed by atoms with E-state index in [0.29, 0.717) is 31.1 Å². The summed E-state index contributed by atoms with van der Waals surface area (Å²) in [6, 6.07) is 14.6. The van der Waals surface area contributed by atoms with Crippen molar-refractivity contribution >= 4 is 54.7 Å². The first kappa shape index (κ1) is 36.9. The number of nitrogens with zero attached hydrogens (tertiary/aromatic N) is 4. The molecule has 236 valence electrons. The van der Waals surface area contributed by atoms with Crippen LogP contribution in [-0.2, 0) is 25.6 Å². The molecular formula is C30H35Cl4F3N4O2. The standard InChI is InChI=1S/C30H32ClF3N4O2.3ClH/c1-40-27-17-23(16-24(18-27)30(32,33)34)29(39)38-14-13-37(20-26(38)15-21-4-6-25(31)7-5-21)12-11-36-10-8-28-22(19-36)3-2-9-35-28;;;/h2-7,9,16-18,26H,8,10-15,19-20H2,1H3;3*1H/t26-;;;/m1.../s1. The number of aromatic nitrogens is 1. The Morgan fingerprint density at radius 1 is 1.00 bits per heavy atom. The molecule has 3 heterocycles. The first-order valence-electron chi connectivity index (χ1n) is 13.4. The van der Waals surface area contributed by atoms with Crippen LogP contribution in [-0.4, -0.2) is 78.0 Å². The third-order valence-electron chi connectivity index (χ3n) is 7.70. The lowest BCUT2D eigenvalue weighted by molar-refractivity contribution is -0.137. The van der Waals surface area contributed by atoms with E-state index >= 15 is 0 Å². The molecule has 2 aliphatic rings. The second-order valence-corrected chi connectivity index (χ2v) is 10.8. The van der Waals surface area contributed by atoms with E-state index in [1.165, 1.54) is 24.4 Å². The van der Waals surface area contributed by atoms with E-state index < -0.39 is 17.6 Å². The van der Waals surface area contributed by atoms with Crippen molar-refractivity contribution in [2.24, 2.45) is 0 Å². The van der Waals surface area contributed by atoms with Gasteiger partial charge in [-0.05, 0) is 53.9 Å². The van der Waals surface area contributed by atoms with E-state index in [1.54, 1.807) is 4.90 Å². The molecule has 0 spiro atoms. The Bertz CT molecular complexity index is 1350. The highest BCUT2D eigenvalue weighted by molar-refractivity contribution is 6.30. The van der Waals surface area contributed by atoms with E-state index in [-0.39, 0.29) is 54.6 Å². The molecule has 3 aromatic rings. The number of hydrogen-bond donors (Lipinski definition) is 0. The highest BCUT2D eigenvalue weighted by Crippen LogP contribution is 2.33. The lowest BCUT2D eigenvalue weighted by atomic mass is 10.00. The van der Waals surface area contributed by atoms with Gasteiger partial charge in [0.05, 0.1) is 12.7 Å². The zero-order valence-electron chi connectivity index (χ0n) is 23.6. The molecule has 0 unspecified atom stereocenters. The topological polar surface area (TPSA) is 48.9 Å². The lowest BCUT2D eigenvalue weighted by Gasteiger charge is -2.42. The number of rotatable bonds is 7. The fourth-order valence-electron chi connectivity index (χ4n) is 5.53. The monoisotopic (exact) mass is 680 g/mol. The predicted molar refractivity (Wildman–Crippen MR) is 169 cm³/mol. The second-order valence-electron chi connectivity index (χ2n) is 10.4. The van der Waals surface area contributed by atoms with Gasteiger partial charge in [-0.25, -0.2) is 0 Å². The number of pyridine rings is 1. The third kappa shape index (κ3) is 9.36. The molecule has 0 N–H and O–H groups in total. The molecule has 0 radical (unpaired) electrons. The summed E-state index contributed by atoms with van der Waals surface area (Å²) in [6.07, 6.45) is -1.25. The van der Waals surface area contributed by atoms with Gasteiger partial charge in [-0.15, -0.1) is 37.2 Å². The number of amides is 1. The van der Waals surface area contributed by atoms with E-state index in [2.05, 4.69) is 20.9 Å². The average Bonchev–Trinajstić information content (AvgIpc) is 2.96. The summed E-state index contributed by atoms with van der Waals surface area (Å²) in [5.41, 5.74) is 2.51. The molecule has 5 rings (SSSR count). The average molecular weight is 682 g/mol. The Morgan fingerprint density at radius 3 is 2.42 bits per heavy atom. The van der Waals surface area contributed by atoms with E-state index in [1.807, 2.05) is 36.5 Å². The van der Waals surface area contributed by atoms with Gasteiger partial charge in [-0.3, -0.25) is 19.6 Å². The van der Waals surface area contributed by atoms with Crippen LogP contribution < -0.4 is 4.74 Å². The number of carbonyl (C=O) groups excluding carboxylic acids is 1. The van der Waals surface area contributed by atoms with Crippen molar-refractivity contribution in [1.29, 1.82) is 0 Å². The minimum absolute atomic E-state index is 0. The highest BCUT2D eigenvalue weighted by Gasteiger charge is 2.35. The molecule has 1 fully saturated rings. The van der Waals surface area contributed by atoms with Crippen molar-refractivity contribution in [3.05, 3.63) is 93.8 Å². The first-order valence-corrected chi connectivity index (χ1v) is 13.8. The molecule has 1 saturated heterocycles. The molecule has 1 aromatic heterocycles. The highest BCUT2D eigenvalue weighted by atomic mass is 35.5. The largest absolute Gasteiger partial charge is 0.497 e. The molecular weight excluding hydrogens is 647 g/mol. The summed E-state index contributed by atoms with van der Waals surface area (Å²) < 4.78 is 45.7. The Kier molecular flexibility index (Phi) is 13.9. The Morgan fingerprint density at radius 2 is 1.72 bits per heavy atom. The fourth-order valence-corrected chi connectivity index (χ4v) is 5.65. The Balaban J connectivity index is 0.00000215. The minimum Gasteiger partial charge on any atom is -0.497 e. The molecule has 1 atom stereocenters. The molecule has 6 nitrogen and oxygen atoms in total. The van der Waals surface area contributed by atoms with Crippen molar-refractivity contribution in [2.45, 2.75) is 31.6 Å². The molecule has 0 aliphatic carbocycles. The number of hydrogen-bond acceptors (Lipinski definition) is 5. The molecule has 13 heteroatoms. The van der Waals surface area contributed by atoms with Crippen LogP contribution in [0.15, 0.2) is 60.8 Å². The van der Waals surface area contributed by atoms with Gasteiger partial charge in [0.25, 0.3) is 5.91 Å². The van der Waals surface area contributed by atoms with Gasteiger partial charge < -0.3 is 9.64 Å². The van der Waals surface area contributed by atoms with Gasteiger partial charge in [-0.1, -0.05) is 29.8 Å². The van der Waals surface area contributed by atoms with Crippen molar-refractivity contribution in [1.82, 2.24) is 19.7 Å². The van der Waals surface area contributed by atoms with Gasteiger partial charge in [0.2, 0.25) is 0 Å². The van der Waals surface area contributed by atoms with Crippen LogP contribution in [0.4, 0.5) is 13.2 Å². The van der Waals surface area contributed by atoms with Crippen molar-refractivity contribution < 1.29 is 22.7 Å². The predicted octanol–water partition coefficient (Wildman–Crippen LogP) is 6.46. The van der Waals surface area contributed by atoms with Crippen molar-refractivity contribution in [2.75, 3.05) is 46.4 Å². The van der Waals surface area contributed by atoms with Crippen molar-refractivity contribution in [3.63, 3.8) is 0 Å². The number of piperazine rings is 1. The smallest absolute Gasteiger partial charge is 0.416 e. The molecule has 43 heavy (non-hydrogen) atoms. The van der Waals surface area contributed by atoms with Crippen LogP contribution >= 0.6 is 48.8 Å². The number of carbonyl (C=O) groups is 1. The van der Waals surface area contributed by atoms with Gasteiger partial charge in [0.15, 0.2) is 0 Å². The molecule has 0 saturated carbocycles. The van der Waals surface area contributed by atoms with Gasteiger partial charge >= 0.3 is 6.18 Å². The number of alkyl halides is 3. The summed E-state index contributed by atoms with van der Waals surface area (Å²) in [7, 11) is 1.29. The fraction of sp³-hybridized carbons (Fsp3) is 0.400. The number of methoxy groups -OCH3 is 1. The van der Waals surface area contributed by atoms with Gasteiger partial charge in [0.1, 0.15) is 5.75 Å². The Labute approximate surface area is 273 Å². The third-order valence-corrected chi connectivity index (χ3v) is 7.96. The normalized spacial score (nSPS) is 17.1. The van der Waals surface area contributed by atoms with Gasteiger partial charge in [-0.2, -0.15) is 13.2 Å². The maximum atomic E-state index is 13.7. The molecule has 2 aromatic carbocycles. The van der Waals surface area contributed by atoms with Crippen LogP contribution in [0.25, 0.3) is 0 Å². The van der Waals surface area contributed by atoms with Crippen LogP contribution in [0, 0.1) is 0 Å². The van der Waals surface area contributed by atoms with Crippen LogP contribution in [0.5, 0.6) is 5.75 Å². The SMILES string of the molecule is COc1cc(C(=O)N2CCN(CCN3CCc4ncccc4C3)C[C@H]2Cc2ccc(Cl)cc2)cc(C(F)(F)F)c1.Cl.Cl.Cl. The van der Waals surface area contributed by atoms with Crippen LogP contribution in [0.1, 0.15) is 32.7 Å². The summed E-state index contributed by atoms with van der Waals surface area (Å²) in [5, 5.41) is 0.622. The summed E-state index contributed by atoms with van der Waals surface area (Å²) in [5.74, 6) is -0.424. The van der Waals surface area contributed by atoms with E-state index in [4.69, 9.17) is 16.3 Å². The molecule has 1 amide bonds. The quantitative estimate of drug-likeness (QED) is 0.287. The lowest BCUT2D eigenvalue weighted by Crippen LogP contribution is -2.57. The maximum absolute atomic E-state index is 13.7. The molecule has 0 bridgehead atoms. The molecule has 2 aliphatic heterocycles. The van der Waals surface area contributed by atoms with E-state index in [0.717, 1.165) is 50.3 Å². The number of halogens is 7.